The van der Waals surface area contributed by atoms with Gasteiger partial charge in [0.05, 0.1) is 5.69 Å². The van der Waals surface area contributed by atoms with Crippen molar-refractivity contribution in [2.24, 2.45) is 0 Å². The van der Waals surface area contributed by atoms with Crippen LogP contribution in [0.3, 0.4) is 0 Å². The van der Waals surface area contributed by atoms with Gasteiger partial charge in [-0.15, -0.1) is 0 Å². The van der Waals surface area contributed by atoms with Crippen molar-refractivity contribution in [3.8, 4) is 0 Å². The molecule has 0 bridgehead atoms. The lowest BCUT2D eigenvalue weighted by Crippen LogP contribution is -2.12. The fourth-order valence-corrected chi connectivity index (χ4v) is 5.05. The number of hydrogen-bond acceptors (Lipinski definition) is 3. The molecule has 0 radical (unpaired) electrons. The van der Waals surface area contributed by atoms with Crippen molar-refractivity contribution in [3.63, 3.8) is 0 Å². The van der Waals surface area contributed by atoms with Crippen LogP contribution in [0.25, 0.3) is 32.3 Å². The van der Waals surface area contributed by atoms with Gasteiger partial charge in [-0.3, -0.25) is 9.97 Å². The highest BCUT2D eigenvalue weighted by Crippen LogP contribution is 2.45. The molecule has 4 aromatic carbocycles. The summed E-state index contributed by atoms with van der Waals surface area (Å²) < 4.78 is 0. The minimum Gasteiger partial charge on any atom is -0.310 e. The molecule has 0 amide bonds. The summed E-state index contributed by atoms with van der Waals surface area (Å²) in [6, 6.07) is 26.4. The largest absolute Gasteiger partial charge is 0.310 e. The number of aromatic nitrogens is 2. The highest BCUT2D eigenvalue weighted by Gasteiger charge is 2.21. The topological polar surface area (TPSA) is 29.0 Å². The highest BCUT2D eigenvalue weighted by molar-refractivity contribution is 6.26. The van der Waals surface area contributed by atoms with E-state index >= 15 is 0 Å². The fourth-order valence-electron chi connectivity index (χ4n) is 5.05. The Morgan fingerprint density at radius 3 is 1.61 bits per heavy atom. The van der Waals surface area contributed by atoms with E-state index in [1.807, 2.05) is 24.8 Å². The Morgan fingerprint density at radius 1 is 0.545 bits per heavy atom. The van der Waals surface area contributed by atoms with Crippen molar-refractivity contribution in [3.05, 3.63) is 103 Å². The smallest absolute Gasteiger partial charge is 0.0540 e. The van der Waals surface area contributed by atoms with Gasteiger partial charge in [0.1, 0.15) is 0 Å². The van der Waals surface area contributed by atoms with Crippen LogP contribution in [0, 0.1) is 0 Å². The van der Waals surface area contributed by atoms with E-state index in [1.165, 1.54) is 37.9 Å². The summed E-state index contributed by atoms with van der Waals surface area (Å²) in [5.41, 5.74) is 4.75. The van der Waals surface area contributed by atoms with Crippen molar-refractivity contribution < 1.29 is 0 Å². The van der Waals surface area contributed by atoms with Gasteiger partial charge in [-0.05, 0) is 68.2 Å². The van der Waals surface area contributed by atoms with Crippen LogP contribution in [-0.2, 0) is 5.41 Å². The lowest BCUT2D eigenvalue weighted by molar-refractivity contribution is 0.596. The van der Waals surface area contributed by atoms with Crippen LogP contribution >= 0.6 is 0 Å². The summed E-state index contributed by atoms with van der Waals surface area (Å²) >= 11 is 0. The number of anilines is 3. The number of hydrogen-bond donors (Lipinski definition) is 0. The Kier molecular flexibility index (Phi) is 4.34. The minimum atomic E-state index is 0.0747. The van der Waals surface area contributed by atoms with Gasteiger partial charge in [0.25, 0.3) is 0 Å². The first-order chi connectivity index (χ1) is 16.0. The number of rotatable bonds is 3. The van der Waals surface area contributed by atoms with E-state index < -0.39 is 0 Å². The number of pyridine rings is 2. The molecule has 6 aromatic rings. The molecule has 3 nitrogen and oxygen atoms in total. The first-order valence-electron chi connectivity index (χ1n) is 11.3. The minimum absolute atomic E-state index is 0.0747. The molecule has 2 aromatic heterocycles. The molecule has 0 aliphatic carbocycles. The van der Waals surface area contributed by atoms with Crippen molar-refractivity contribution in [1.82, 2.24) is 9.97 Å². The lowest BCUT2D eigenvalue weighted by atomic mass is 9.81. The molecule has 33 heavy (non-hydrogen) atoms. The Labute approximate surface area is 193 Å². The fraction of sp³-hybridized carbons (Fsp3) is 0.133. The molecule has 0 unspecified atom stereocenters. The summed E-state index contributed by atoms with van der Waals surface area (Å²) in [4.78, 5) is 10.8. The third kappa shape index (κ3) is 3.12. The van der Waals surface area contributed by atoms with Gasteiger partial charge < -0.3 is 4.90 Å². The molecule has 2 heterocycles. The first kappa shape index (κ1) is 19.7. The van der Waals surface area contributed by atoms with Gasteiger partial charge in [-0.1, -0.05) is 63.2 Å². The van der Waals surface area contributed by atoms with Crippen LogP contribution in [0.4, 0.5) is 17.1 Å². The molecule has 0 aliphatic heterocycles. The van der Waals surface area contributed by atoms with Crippen LogP contribution in [0.15, 0.2) is 97.6 Å². The normalized spacial score (nSPS) is 12.1. The third-order valence-electron chi connectivity index (χ3n) is 6.53. The molecular formula is C30H25N3. The zero-order valence-electron chi connectivity index (χ0n) is 19.1. The van der Waals surface area contributed by atoms with E-state index in [-0.39, 0.29) is 5.41 Å². The van der Waals surface area contributed by atoms with Crippen molar-refractivity contribution >= 4 is 49.4 Å². The second-order valence-electron chi connectivity index (χ2n) is 9.62. The molecule has 0 N–H and O–H groups in total. The average Bonchev–Trinajstić information content (AvgIpc) is 2.84. The predicted octanol–water partition coefficient (Wildman–Crippen LogP) is 8.14. The van der Waals surface area contributed by atoms with Crippen LogP contribution in [0.5, 0.6) is 0 Å². The van der Waals surface area contributed by atoms with E-state index in [0.29, 0.717) is 0 Å². The molecule has 6 rings (SSSR count). The SMILES string of the molecule is CC(C)(C)c1ccc2ccc3c(N(c4ccncc4)c4ccncc4)ccc4ccc1c2c43. The maximum Gasteiger partial charge on any atom is 0.0540 e. The van der Waals surface area contributed by atoms with E-state index in [2.05, 4.69) is 108 Å². The van der Waals surface area contributed by atoms with Gasteiger partial charge >= 0.3 is 0 Å². The van der Waals surface area contributed by atoms with Crippen LogP contribution in [0.1, 0.15) is 26.3 Å². The quantitative estimate of drug-likeness (QED) is 0.267. The maximum atomic E-state index is 4.24. The van der Waals surface area contributed by atoms with Gasteiger partial charge in [-0.25, -0.2) is 0 Å². The zero-order valence-corrected chi connectivity index (χ0v) is 19.1. The molecule has 0 fully saturated rings. The summed E-state index contributed by atoms with van der Waals surface area (Å²) in [6.45, 7) is 6.87. The second kappa shape index (κ2) is 7.28. The molecular weight excluding hydrogens is 402 g/mol. The van der Waals surface area contributed by atoms with Crippen molar-refractivity contribution in [2.45, 2.75) is 26.2 Å². The zero-order chi connectivity index (χ0) is 22.6. The van der Waals surface area contributed by atoms with Crippen LogP contribution in [-0.4, -0.2) is 9.97 Å². The van der Waals surface area contributed by atoms with Crippen LogP contribution in [0.2, 0.25) is 0 Å². The van der Waals surface area contributed by atoms with Gasteiger partial charge in [0.2, 0.25) is 0 Å². The Bertz CT molecular complexity index is 1540. The first-order valence-corrected chi connectivity index (χ1v) is 11.3. The van der Waals surface area contributed by atoms with Crippen molar-refractivity contribution in [1.29, 1.82) is 0 Å². The monoisotopic (exact) mass is 427 g/mol. The van der Waals surface area contributed by atoms with Gasteiger partial charge in [0, 0.05) is 41.5 Å². The molecule has 160 valence electrons. The third-order valence-corrected chi connectivity index (χ3v) is 6.53. The molecule has 0 saturated heterocycles. The van der Waals surface area contributed by atoms with Crippen LogP contribution < -0.4 is 4.90 Å². The molecule has 0 aliphatic rings. The van der Waals surface area contributed by atoms with E-state index in [0.717, 1.165) is 17.1 Å². The molecule has 0 saturated carbocycles. The van der Waals surface area contributed by atoms with Gasteiger partial charge in [-0.2, -0.15) is 0 Å². The summed E-state index contributed by atoms with van der Waals surface area (Å²) in [5.74, 6) is 0. The molecule has 0 atom stereocenters. The van der Waals surface area contributed by atoms with E-state index in [1.54, 1.807) is 0 Å². The Hall–Kier alpha value is -3.98. The number of benzene rings is 4. The number of nitrogens with zero attached hydrogens (tertiary/aromatic N) is 3. The van der Waals surface area contributed by atoms with E-state index in [4.69, 9.17) is 0 Å². The highest BCUT2D eigenvalue weighted by atomic mass is 15.1. The summed E-state index contributed by atoms with van der Waals surface area (Å²) in [7, 11) is 0. The second-order valence-corrected chi connectivity index (χ2v) is 9.62. The molecule has 3 heteroatoms. The summed E-state index contributed by atoms with van der Waals surface area (Å²) in [5, 5.41) is 7.81. The van der Waals surface area contributed by atoms with E-state index in [9.17, 15) is 0 Å². The van der Waals surface area contributed by atoms with Crippen molar-refractivity contribution in [2.75, 3.05) is 4.90 Å². The average molecular weight is 428 g/mol. The summed E-state index contributed by atoms with van der Waals surface area (Å²) in [6.07, 6.45) is 7.37. The Morgan fingerprint density at radius 2 is 1.03 bits per heavy atom. The Balaban J connectivity index is 1.72. The standard InChI is InChI=1S/C30H25N3/c1-30(2,3)26-10-6-20-5-9-25-27(11-7-21-4-8-24(26)28(20)29(21)25)33(22-12-16-31-17-13-22)23-14-18-32-19-15-23/h4-19H,1-3H3. The predicted molar refractivity (Wildman–Crippen MR) is 139 cm³/mol. The molecule has 0 spiro atoms. The maximum absolute atomic E-state index is 4.24. The van der Waals surface area contributed by atoms with Gasteiger partial charge in [0.15, 0.2) is 0 Å². The lowest BCUT2D eigenvalue weighted by Gasteiger charge is -2.28.